The summed E-state index contributed by atoms with van der Waals surface area (Å²) in [7, 11) is 2.16. The summed E-state index contributed by atoms with van der Waals surface area (Å²) >= 11 is 0. The molecule has 20 heavy (non-hydrogen) atoms. The predicted molar refractivity (Wildman–Crippen MR) is 81.4 cm³/mol. The Morgan fingerprint density at radius 1 is 1.25 bits per heavy atom. The number of hydrogen-bond donors (Lipinski definition) is 2. The van der Waals surface area contributed by atoms with Crippen molar-refractivity contribution in [2.75, 3.05) is 46.3 Å². The molecule has 0 aromatic carbocycles. The second kappa shape index (κ2) is 7.38. The summed E-state index contributed by atoms with van der Waals surface area (Å²) in [5.74, 6) is 0.902. The maximum atomic E-state index is 12.2. The molecule has 1 amide bonds. The van der Waals surface area contributed by atoms with E-state index in [9.17, 15) is 4.79 Å². The van der Waals surface area contributed by atoms with Crippen LogP contribution in [0.25, 0.3) is 0 Å². The molecule has 5 heteroatoms. The molecule has 2 rings (SSSR count). The van der Waals surface area contributed by atoms with Gasteiger partial charge < -0.3 is 16.0 Å². The summed E-state index contributed by atoms with van der Waals surface area (Å²) in [5, 5.41) is 3.10. The number of nitrogens with two attached hydrogens (primary N) is 1. The fourth-order valence-electron chi connectivity index (χ4n) is 3.15. The second-order valence-corrected chi connectivity index (χ2v) is 6.59. The Balaban J connectivity index is 1.63. The van der Waals surface area contributed by atoms with E-state index in [4.69, 9.17) is 5.73 Å². The van der Waals surface area contributed by atoms with Crippen molar-refractivity contribution in [1.29, 1.82) is 0 Å². The van der Waals surface area contributed by atoms with Crippen LogP contribution in [0.3, 0.4) is 0 Å². The van der Waals surface area contributed by atoms with E-state index in [0.29, 0.717) is 5.92 Å². The van der Waals surface area contributed by atoms with Gasteiger partial charge in [-0.3, -0.25) is 9.69 Å². The zero-order chi connectivity index (χ0) is 14.5. The average molecular weight is 282 g/mol. The van der Waals surface area contributed by atoms with Gasteiger partial charge in [-0.05, 0) is 32.2 Å². The Labute approximate surface area is 122 Å². The van der Waals surface area contributed by atoms with Crippen molar-refractivity contribution in [3.05, 3.63) is 0 Å². The average Bonchev–Trinajstić information content (AvgIpc) is 2.44. The van der Waals surface area contributed by atoms with Crippen molar-refractivity contribution >= 4 is 5.91 Å². The van der Waals surface area contributed by atoms with Gasteiger partial charge in [0.25, 0.3) is 0 Å². The molecule has 1 heterocycles. The van der Waals surface area contributed by atoms with Gasteiger partial charge in [-0.15, -0.1) is 0 Å². The molecule has 0 aromatic heterocycles. The van der Waals surface area contributed by atoms with Crippen LogP contribution >= 0.6 is 0 Å². The largest absolute Gasteiger partial charge is 0.355 e. The number of nitrogens with one attached hydrogen (secondary N) is 1. The van der Waals surface area contributed by atoms with E-state index < -0.39 is 0 Å². The molecule has 0 radical (unpaired) electrons. The Morgan fingerprint density at radius 2 is 1.95 bits per heavy atom. The van der Waals surface area contributed by atoms with Crippen LogP contribution in [0.15, 0.2) is 0 Å². The van der Waals surface area contributed by atoms with E-state index in [-0.39, 0.29) is 17.9 Å². The van der Waals surface area contributed by atoms with Gasteiger partial charge in [-0.25, -0.2) is 0 Å². The zero-order valence-corrected chi connectivity index (χ0v) is 13.0. The third kappa shape index (κ3) is 4.43. The molecule has 1 aliphatic carbocycles. The van der Waals surface area contributed by atoms with E-state index >= 15 is 0 Å². The molecule has 116 valence electrons. The summed E-state index contributed by atoms with van der Waals surface area (Å²) in [6.07, 6.45) is 2.93. The van der Waals surface area contributed by atoms with Crippen LogP contribution in [0.5, 0.6) is 0 Å². The molecule has 3 atom stereocenters. The number of nitrogens with zero attached hydrogens (tertiary/aromatic N) is 2. The van der Waals surface area contributed by atoms with Crippen LogP contribution in [0.1, 0.15) is 26.2 Å². The molecule has 0 bridgehead atoms. The molecule has 0 spiro atoms. The van der Waals surface area contributed by atoms with Gasteiger partial charge in [-0.1, -0.05) is 6.92 Å². The fourth-order valence-corrected chi connectivity index (χ4v) is 3.15. The van der Waals surface area contributed by atoms with Crippen LogP contribution in [0, 0.1) is 11.8 Å². The number of carbonyl (C=O) groups excluding carboxylic acids is 1. The lowest BCUT2D eigenvalue weighted by Gasteiger charge is -2.33. The number of rotatable bonds is 4. The maximum Gasteiger partial charge on any atom is 0.223 e. The van der Waals surface area contributed by atoms with Crippen molar-refractivity contribution < 1.29 is 4.79 Å². The molecule has 2 fully saturated rings. The minimum atomic E-state index is 0.133. The lowest BCUT2D eigenvalue weighted by Crippen LogP contribution is -2.48. The highest BCUT2D eigenvalue weighted by Crippen LogP contribution is 2.27. The zero-order valence-electron chi connectivity index (χ0n) is 13.0. The van der Waals surface area contributed by atoms with Crippen LogP contribution in [0.2, 0.25) is 0 Å². The molecule has 1 aliphatic heterocycles. The number of carbonyl (C=O) groups is 1. The number of likely N-dealkylation sites (N-methyl/N-ethyl adjacent to an activating group) is 1. The van der Waals surface area contributed by atoms with Crippen LogP contribution in [-0.2, 0) is 4.79 Å². The first-order valence-corrected chi connectivity index (χ1v) is 8.00. The Morgan fingerprint density at radius 3 is 2.60 bits per heavy atom. The summed E-state index contributed by atoms with van der Waals surface area (Å²) in [5.41, 5.74) is 6.07. The fraction of sp³-hybridized carbons (Fsp3) is 0.933. The molecular weight excluding hydrogens is 252 g/mol. The van der Waals surface area contributed by atoms with Gasteiger partial charge in [0.15, 0.2) is 0 Å². The lowest BCUT2D eigenvalue weighted by atomic mass is 9.79. The molecular formula is C15H30N4O. The maximum absolute atomic E-state index is 12.2. The van der Waals surface area contributed by atoms with Crippen molar-refractivity contribution in [3.63, 3.8) is 0 Å². The van der Waals surface area contributed by atoms with E-state index in [1.165, 1.54) is 0 Å². The summed E-state index contributed by atoms with van der Waals surface area (Å²) in [6.45, 7) is 8.40. The van der Waals surface area contributed by atoms with Gasteiger partial charge in [0, 0.05) is 51.2 Å². The van der Waals surface area contributed by atoms with Gasteiger partial charge in [0.1, 0.15) is 0 Å². The quantitative estimate of drug-likeness (QED) is 0.768. The highest BCUT2D eigenvalue weighted by Gasteiger charge is 2.29. The normalized spacial score (nSPS) is 33.0. The van der Waals surface area contributed by atoms with E-state index in [2.05, 4.69) is 29.1 Å². The number of hydrogen-bond acceptors (Lipinski definition) is 4. The smallest absolute Gasteiger partial charge is 0.223 e. The molecule has 0 aromatic rings. The number of piperazine rings is 1. The third-order valence-electron chi connectivity index (χ3n) is 4.95. The first kappa shape index (κ1) is 15.7. The van der Waals surface area contributed by atoms with E-state index in [1.807, 2.05) is 0 Å². The Kier molecular flexibility index (Phi) is 5.81. The van der Waals surface area contributed by atoms with Crippen molar-refractivity contribution in [1.82, 2.24) is 15.1 Å². The van der Waals surface area contributed by atoms with Gasteiger partial charge in [-0.2, -0.15) is 0 Å². The monoisotopic (exact) mass is 282 g/mol. The molecule has 2 aliphatic rings. The highest BCUT2D eigenvalue weighted by atomic mass is 16.1. The van der Waals surface area contributed by atoms with Gasteiger partial charge in [0.05, 0.1) is 0 Å². The van der Waals surface area contributed by atoms with Crippen molar-refractivity contribution in [2.24, 2.45) is 17.6 Å². The minimum absolute atomic E-state index is 0.133. The van der Waals surface area contributed by atoms with Crippen LogP contribution in [-0.4, -0.2) is 68.1 Å². The molecule has 5 nitrogen and oxygen atoms in total. The topological polar surface area (TPSA) is 61.6 Å². The molecule has 3 N–H and O–H groups in total. The predicted octanol–water partition coefficient (Wildman–Crippen LogP) is 0.114. The third-order valence-corrected chi connectivity index (χ3v) is 4.95. The van der Waals surface area contributed by atoms with Crippen molar-refractivity contribution in [2.45, 2.75) is 32.2 Å². The molecule has 1 saturated heterocycles. The van der Waals surface area contributed by atoms with E-state index in [0.717, 1.165) is 58.5 Å². The van der Waals surface area contributed by atoms with Crippen molar-refractivity contribution in [3.8, 4) is 0 Å². The first-order chi connectivity index (χ1) is 9.56. The second-order valence-electron chi connectivity index (χ2n) is 6.59. The van der Waals surface area contributed by atoms with Crippen LogP contribution < -0.4 is 11.1 Å². The van der Waals surface area contributed by atoms with E-state index in [1.54, 1.807) is 0 Å². The summed E-state index contributed by atoms with van der Waals surface area (Å²) < 4.78 is 0. The molecule has 1 saturated carbocycles. The van der Waals surface area contributed by atoms with Gasteiger partial charge in [0.2, 0.25) is 5.91 Å². The molecule has 3 unspecified atom stereocenters. The van der Waals surface area contributed by atoms with Gasteiger partial charge >= 0.3 is 0 Å². The van der Waals surface area contributed by atoms with Crippen LogP contribution in [0.4, 0.5) is 0 Å². The summed E-state index contributed by atoms with van der Waals surface area (Å²) in [6, 6.07) is 0.192. The number of amides is 1. The first-order valence-electron chi connectivity index (χ1n) is 8.00. The lowest BCUT2D eigenvalue weighted by molar-refractivity contribution is -0.126. The standard InChI is InChI=1S/C15H30N4O/c1-12-3-4-13(11-14(12)16)15(20)17-5-6-19-9-7-18(2)8-10-19/h12-14H,3-11,16H2,1-2H3,(H,17,20). The Hall–Kier alpha value is -0.650. The summed E-state index contributed by atoms with van der Waals surface area (Å²) in [4.78, 5) is 16.9. The minimum Gasteiger partial charge on any atom is -0.355 e. The Bertz CT molecular complexity index is 315. The highest BCUT2D eigenvalue weighted by molar-refractivity contribution is 5.78. The SMILES string of the molecule is CC1CCC(C(=O)NCCN2CCN(C)CC2)CC1N.